The zero-order valence-corrected chi connectivity index (χ0v) is 14.7. The Hall–Kier alpha value is -2.30. The minimum atomic E-state index is -0.0395. The Morgan fingerprint density at radius 1 is 1.28 bits per heavy atom. The lowest BCUT2D eigenvalue weighted by atomic mass is 9.92. The highest BCUT2D eigenvalue weighted by molar-refractivity contribution is 5.80. The molecule has 0 radical (unpaired) electrons. The van der Waals surface area contributed by atoms with E-state index in [1.54, 1.807) is 0 Å². The summed E-state index contributed by atoms with van der Waals surface area (Å²) in [7, 11) is 0. The van der Waals surface area contributed by atoms with Gasteiger partial charge in [0.2, 0.25) is 5.91 Å². The molecule has 1 fully saturated rings. The number of para-hydroxylation sites is 1. The summed E-state index contributed by atoms with van der Waals surface area (Å²) in [5, 5.41) is 0. The van der Waals surface area contributed by atoms with Crippen LogP contribution < -0.4 is 4.74 Å². The van der Waals surface area contributed by atoms with Crippen molar-refractivity contribution in [3.05, 3.63) is 48.0 Å². The van der Waals surface area contributed by atoms with Crippen LogP contribution in [0.1, 0.15) is 24.2 Å². The number of hydrogen-bond donors (Lipinski definition) is 0. The lowest BCUT2D eigenvalue weighted by Crippen LogP contribution is -2.45. The van der Waals surface area contributed by atoms with E-state index < -0.39 is 0 Å². The van der Waals surface area contributed by atoms with Crippen LogP contribution in [0.15, 0.2) is 36.7 Å². The molecule has 2 aliphatic heterocycles. The number of hydrogen-bond acceptors (Lipinski definition) is 3. The number of aryl methyl sites for hydroxylation is 1. The highest BCUT2D eigenvalue weighted by Crippen LogP contribution is 2.29. The Morgan fingerprint density at radius 2 is 2.08 bits per heavy atom. The Morgan fingerprint density at radius 3 is 2.84 bits per heavy atom. The number of ether oxygens (including phenoxy) is 1. The first-order chi connectivity index (χ1) is 12.2. The van der Waals surface area contributed by atoms with E-state index in [1.807, 2.05) is 42.4 Å². The molecule has 25 heavy (non-hydrogen) atoms. The molecule has 1 saturated heterocycles. The van der Waals surface area contributed by atoms with Crippen molar-refractivity contribution in [1.82, 2.24) is 14.5 Å². The fourth-order valence-corrected chi connectivity index (χ4v) is 3.96. The SMILES string of the molecule is Cc1nccn1CC1CCN(C(=O)[C@@H]2COc3ccccc3C2)CC1. The monoisotopic (exact) mass is 339 g/mol. The molecule has 1 amide bonds. The maximum absolute atomic E-state index is 12.9. The van der Waals surface area contributed by atoms with Crippen LogP contribution in [0.4, 0.5) is 0 Å². The van der Waals surface area contributed by atoms with Crippen molar-refractivity contribution >= 4 is 5.91 Å². The van der Waals surface area contributed by atoms with E-state index >= 15 is 0 Å². The van der Waals surface area contributed by atoms with Gasteiger partial charge in [-0.05, 0) is 43.7 Å². The fourth-order valence-electron chi connectivity index (χ4n) is 3.96. The summed E-state index contributed by atoms with van der Waals surface area (Å²) in [6, 6.07) is 8.04. The second-order valence-corrected chi connectivity index (χ2v) is 7.22. The van der Waals surface area contributed by atoms with Crippen LogP contribution in [0.3, 0.4) is 0 Å². The molecule has 0 N–H and O–H groups in total. The molecule has 3 heterocycles. The first kappa shape index (κ1) is 16.2. The topological polar surface area (TPSA) is 47.4 Å². The van der Waals surface area contributed by atoms with Crippen LogP contribution in [-0.2, 0) is 17.8 Å². The van der Waals surface area contributed by atoms with Crippen LogP contribution in [0, 0.1) is 18.8 Å². The molecule has 2 aromatic rings. The third-order valence-corrected chi connectivity index (χ3v) is 5.53. The third-order valence-electron chi connectivity index (χ3n) is 5.53. The van der Waals surface area contributed by atoms with Crippen molar-refractivity contribution in [3.8, 4) is 5.75 Å². The Balaban J connectivity index is 1.32. The molecular weight excluding hydrogens is 314 g/mol. The lowest BCUT2D eigenvalue weighted by molar-refractivity contribution is -0.138. The van der Waals surface area contributed by atoms with Gasteiger partial charge in [0, 0.05) is 32.0 Å². The molecule has 1 aromatic carbocycles. The highest BCUT2D eigenvalue weighted by atomic mass is 16.5. The van der Waals surface area contributed by atoms with Gasteiger partial charge in [0.25, 0.3) is 0 Å². The standard InChI is InChI=1S/C20H25N3O2/c1-15-21-8-11-23(15)13-16-6-9-22(10-7-16)20(24)18-12-17-4-2-3-5-19(17)25-14-18/h2-5,8,11,16,18H,6-7,9-10,12-14H2,1H3/t18-/m0/s1. The average Bonchev–Trinajstić information content (AvgIpc) is 3.06. The second kappa shape index (κ2) is 6.90. The molecule has 1 aromatic heterocycles. The van der Waals surface area contributed by atoms with Crippen LogP contribution in [0.2, 0.25) is 0 Å². The quantitative estimate of drug-likeness (QED) is 0.864. The van der Waals surface area contributed by atoms with E-state index in [9.17, 15) is 4.79 Å². The van der Waals surface area contributed by atoms with Gasteiger partial charge in [0.05, 0.1) is 5.92 Å². The minimum absolute atomic E-state index is 0.0395. The number of rotatable bonds is 3. The number of aromatic nitrogens is 2. The van der Waals surface area contributed by atoms with E-state index in [4.69, 9.17) is 4.74 Å². The van der Waals surface area contributed by atoms with Crippen molar-refractivity contribution < 1.29 is 9.53 Å². The predicted octanol–water partition coefficient (Wildman–Crippen LogP) is 2.68. The van der Waals surface area contributed by atoms with Crippen LogP contribution in [0.25, 0.3) is 0 Å². The van der Waals surface area contributed by atoms with Crippen LogP contribution in [0.5, 0.6) is 5.75 Å². The molecule has 5 heteroatoms. The molecule has 0 bridgehead atoms. The number of carbonyl (C=O) groups is 1. The third kappa shape index (κ3) is 3.41. The average molecular weight is 339 g/mol. The number of imidazole rings is 1. The summed E-state index contributed by atoms with van der Waals surface area (Å²) in [5.41, 5.74) is 1.15. The number of piperidine rings is 1. The summed E-state index contributed by atoms with van der Waals surface area (Å²) >= 11 is 0. The van der Waals surface area contributed by atoms with E-state index in [1.165, 1.54) is 0 Å². The molecule has 5 nitrogen and oxygen atoms in total. The summed E-state index contributed by atoms with van der Waals surface area (Å²) in [5.74, 6) is 2.84. The Labute approximate surface area is 148 Å². The summed E-state index contributed by atoms with van der Waals surface area (Å²) < 4.78 is 8.01. The highest BCUT2D eigenvalue weighted by Gasteiger charge is 2.31. The molecule has 0 aliphatic carbocycles. The zero-order chi connectivity index (χ0) is 17.2. The van der Waals surface area contributed by atoms with Gasteiger partial charge in [0.1, 0.15) is 18.2 Å². The van der Waals surface area contributed by atoms with Gasteiger partial charge in [-0.25, -0.2) is 4.98 Å². The van der Waals surface area contributed by atoms with Crippen molar-refractivity contribution in [3.63, 3.8) is 0 Å². The molecule has 2 aliphatic rings. The molecular formula is C20H25N3O2. The number of carbonyl (C=O) groups excluding carboxylic acids is 1. The zero-order valence-electron chi connectivity index (χ0n) is 14.7. The lowest BCUT2D eigenvalue weighted by Gasteiger charge is -2.35. The van der Waals surface area contributed by atoms with Gasteiger partial charge in [-0.2, -0.15) is 0 Å². The first-order valence-electron chi connectivity index (χ1n) is 9.18. The number of fused-ring (bicyclic) bond motifs is 1. The van der Waals surface area contributed by atoms with Gasteiger partial charge in [-0.15, -0.1) is 0 Å². The smallest absolute Gasteiger partial charge is 0.229 e. The van der Waals surface area contributed by atoms with Crippen LogP contribution >= 0.6 is 0 Å². The number of benzene rings is 1. The largest absolute Gasteiger partial charge is 0.492 e. The van der Waals surface area contributed by atoms with Gasteiger partial charge in [0.15, 0.2) is 0 Å². The van der Waals surface area contributed by atoms with Crippen molar-refractivity contribution in [2.24, 2.45) is 11.8 Å². The number of amides is 1. The van der Waals surface area contributed by atoms with Gasteiger partial charge < -0.3 is 14.2 Å². The fraction of sp³-hybridized carbons (Fsp3) is 0.500. The van der Waals surface area contributed by atoms with E-state index in [2.05, 4.69) is 15.6 Å². The molecule has 0 spiro atoms. The number of nitrogens with zero attached hydrogens (tertiary/aromatic N) is 3. The molecule has 132 valence electrons. The second-order valence-electron chi connectivity index (χ2n) is 7.22. The van der Waals surface area contributed by atoms with E-state index in [0.29, 0.717) is 12.5 Å². The maximum Gasteiger partial charge on any atom is 0.229 e. The molecule has 1 atom stereocenters. The van der Waals surface area contributed by atoms with Crippen molar-refractivity contribution in [2.45, 2.75) is 32.7 Å². The van der Waals surface area contributed by atoms with E-state index in [0.717, 1.165) is 56.0 Å². The van der Waals surface area contributed by atoms with Crippen LogP contribution in [-0.4, -0.2) is 40.1 Å². The predicted molar refractivity (Wildman–Crippen MR) is 95.4 cm³/mol. The van der Waals surface area contributed by atoms with E-state index in [-0.39, 0.29) is 11.8 Å². The van der Waals surface area contributed by atoms with Crippen molar-refractivity contribution in [1.29, 1.82) is 0 Å². The summed E-state index contributed by atoms with van der Waals surface area (Å²) in [6.45, 7) is 5.27. The van der Waals surface area contributed by atoms with Crippen molar-refractivity contribution in [2.75, 3.05) is 19.7 Å². The Kier molecular flexibility index (Phi) is 4.47. The summed E-state index contributed by atoms with van der Waals surface area (Å²) in [4.78, 5) is 19.2. The molecule has 0 saturated carbocycles. The molecule has 0 unspecified atom stereocenters. The first-order valence-corrected chi connectivity index (χ1v) is 9.18. The minimum Gasteiger partial charge on any atom is -0.492 e. The summed E-state index contributed by atoms with van der Waals surface area (Å²) in [6.07, 6.45) is 6.82. The van der Waals surface area contributed by atoms with Gasteiger partial charge >= 0.3 is 0 Å². The van der Waals surface area contributed by atoms with Gasteiger partial charge in [-0.1, -0.05) is 18.2 Å². The maximum atomic E-state index is 12.9. The normalized spacial score (nSPS) is 20.8. The number of likely N-dealkylation sites (tertiary alicyclic amines) is 1. The van der Waals surface area contributed by atoms with Gasteiger partial charge in [-0.3, -0.25) is 4.79 Å². The Bertz CT molecular complexity index is 747. The molecule has 4 rings (SSSR count).